The van der Waals surface area contributed by atoms with E-state index in [-0.39, 0.29) is 12.7 Å². The maximum atomic E-state index is 12.4. The zero-order valence-electron chi connectivity index (χ0n) is 15.3. The van der Waals surface area contributed by atoms with Crippen LogP contribution in [0.2, 0.25) is 5.02 Å². The maximum Gasteiger partial charge on any atom is 0.279 e. The number of rotatable bonds is 4. The Hall–Kier alpha value is -2.44. The van der Waals surface area contributed by atoms with E-state index in [9.17, 15) is 4.79 Å². The molecule has 0 bridgehead atoms. The molecule has 0 aliphatic carbocycles. The topological polar surface area (TPSA) is 55.2 Å². The zero-order valence-corrected chi connectivity index (χ0v) is 16.0. The lowest BCUT2D eigenvalue weighted by Gasteiger charge is -2.34. The van der Waals surface area contributed by atoms with E-state index in [1.165, 1.54) is 16.2 Å². The van der Waals surface area contributed by atoms with E-state index in [4.69, 9.17) is 21.1 Å². The van der Waals surface area contributed by atoms with E-state index in [1.54, 1.807) is 6.07 Å². The molecular formula is C20H23ClN3O3+. The van der Waals surface area contributed by atoms with Crippen LogP contribution in [0.5, 0.6) is 11.5 Å². The number of benzene rings is 2. The number of nitrogens with zero attached hydrogens (tertiary/aromatic N) is 1. The molecule has 4 rings (SSSR count). The Labute approximate surface area is 163 Å². The van der Waals surface area contributed by atoms with Gasteiger partial charge in [-0.05, 0) is 36.8 Å². The van der Waals surface area contributed by atoms with Crippen molar-refractivity contribution in [2.45, 2.75) is 6.92 Å². The van der Waals surface area contributed by atoms with Crippen molar-refractivity contribution < 1.29 is 19.2 Å². The number of piperazine rings is 1. The van der Waals surface area contributed by atoms with Crippen LogP contribution in [0, 0.1) is 6.92 Å². The van der Waals surface area contributed by atoms with E-state index in [0.29, 0.717) is 18.0 Å². The Bertz CT molecular complexity index is 850. The number of quaternary nitrogens is 1. The summed E-state index contributed by atoms with van der Waals surface area (Å²) in [5.74, 6) is 1.40. The first-order chi connectivity index (χ1) is 13.1. The molecule has 27 heavy (non-hydrogen) atoms. The van der Waals surface area contributed by atoms with Crippen LogP contribution in [-0.2, 0) is 4.79 Å². The number of halogens is 1. The summed E-state index contributed by atoms with van der Waals surface area (Å²) < 4.78 is 10.6. The lowest BCUT2D eigenvalue weighted by Crippen LogP contribution is -3.15. The summed E-state index contributed by atoms with van der Waals surface area (Å²) in [5, 5.41) is 3.71. The van der Waals surface area contributed by atoms with Gasteiger partial charge in [0.15, 0.2) is 18.0 Å². The van der Waals surface area contributed by atoms with Crippen molar-refractivity contribution in [3.8, 4) is 11.5 Å². The Morgan fingerprint density at radius 1 is 1.15 bits per heavy atom. The quantitative estimate of drug-likeness (QED) is 0.837. The number of fused-ring (bicyclic) bond motifs is 1. The minimum atomic E-state index is 0.0104. The minimum absolute atomic E-state index is 0.0104. The molecule has 0 saturated carbocycles. The number of anilines is 2. The third-order valence-electron chi connectivity index (χ3n) is 5.05. The summed E-state index contributed by atoms with van der Waals surface area (Å²) in [7, 11) is 0. The summed E-state index contributed by atoms with van der Waals surface area (Å²) in [6.45, 7) is 6.44. The zero-order chi connectivity index (χ0) is 18.8. The standard InChI is InChI=1S/C20H22ClN3O3/c1-14-2-3-15(21)10-17(14)24-8-6-23(7-9-24)12-20(25)22-16-4-5-18-19(11-16)27-13-26-18/h2-5,10-11H,6-9,12-13H2,1H3,(H,22,25)/p+1. The van der Waals surface area contributed by atoms with Gasteiger partial charge in [-0.3, -0.25) is 4.79 Å². The van der Waals surface area contributed by atoms with Crippen molar-refractivity contribution in [3.05, 3.63) is 47.0 Å². The first kappa shape index (κ1) is 17.9. The highest BCUT2D eigenvalue weighted by Gasteiger charge is 2.23. The van der Waals surface area contributed by atoms with Crippen molar-refractivity contribution in [3.63, 3.8) is 0 Å². The second-order valence-electron chi connectivity index (χ2n) is 6.96. The third-order valence-corrected chi connectivity index (χ3v) is 5.28. The average Bonchev–Trinajstić information content (AvgIpc) is 3.12. The predicted molar refractivity (Wildman–Crippen MR) is 105 cm³/mol. The van der Waals surface area contributed by atoms with Gasteiger partial charge in [-0.15, -0.1) is 0 Å². The number of hydrogen-bond donors (Lipinski definition) is 2. The fourth-order valence-electron chi connectivity index (χ4n) is 3.57. The van der Waals surface area contributed by atoms with E-state index in [0.717, 1.165) is 36.9 Å². The molecule has 1 amide bonds. The largest absolute Gasteiger partial charge is 0.454 e. The molecule has 0 spiro atoms. The minimum Gasteiger partial charge on any atom is -0.454 e. The number of carbonyl (C=O) groups is 1. The number of nitrogens with one attached hydrogen (secondary N) is 2. The van der Waals surface area contributed by atoms with Crippen LogP contribution < -0.4 is 24.6 Å². The highest BCUT2D eigenvalue weighted by atomic mass is 35.5. The molecule has 7 heteroatoms. The van der Waals surface area contributed by atoms with E-state index in [1.807, 2.05) is 24.3 Å². The molecular weight excluding hydrogens is 366 g/mol. The second-order valence-corrected chi connectivity index (χ2v) is 7.40. The Morgan fingerprint density at radius 3 is 2.74 bits per heavy atom. The summed E-state index contributed by atoms with van der Waals surface area (Å²) in [6, 6.07) is 11.4. The van der Waals surface area contributed by atoms with Crippen molar-refractivity contribution >= 4 is 28.9 Å². The van der Waals surface area contributed by atoms with Gasteiger partial charge in [0.25, 0.3) is 5.91 Å². The van der Waals surface area contributed by atoms with Crippen LogP contribution in [0.4, 0.5) is 11.4 Å². The summed E-state index contributed by atoms with van der Waals surface area (Å²) in [5.41, 5.74) is 3.15. The lowest BCUT2D eigenvalue weighted by molar-refractivity contribution is -0.892. The van der Waals surface area contributed by atoms with Gasteiger partial charge in [-0.25, -0.2) is 0 Å². The number of aryl methyl sites for hydroxylation is 1. The molecule has 0 radical (unpaired) electrons. The number of hydrogen-bond acceptors (Lipinski definition) is 4. The smallest absolute Gasteiger partial charge is 0.279 e. The molecule has 6 nitrogen and oxygen atoms in total. The van der Waals surface area contributed by atoms with Crippen molar-refractivity contribution in [1.29, 1.82) is 0 Å². The van der Waals surface area contributed by atoms with Crippen molar-refractivity contribution in [1.82, 2.24) is 0 Å². The average molecular weight is 389 g/mol. The molecule has 2 N–H and O–H groups in total. The molecule has 0 unspecified atom stereocenters. The molecule has 2 heterocycles. The SMILES string of the molecule is Cc1ccc(Cl)cc1N1CC[NH+](CC(=O)Nc2ccc3c(c2)OCO3)CC1. The molecule has 1 saturated heterocycles. The van der Waals surface area contributed by atoms with Gasteiger partial charge in [0, 0.05) is 22.5 Å². The molecule has 142 valence electrons. The normalized spacial score (nSPS) is 16.4. The van der Waals surface area contributed by atoms with Crippen molar-refractivity contribution in [2.24, 2.45) is 0 Å². The van der Waals surface area contributed by atoms with Gasteiger partial charge in [-0.2, -0.15) is 0 Å². The van der Waals surface area contributed by atoms with E-state index >= 15 is 0 Å². The summed E-state index contributed by atoms with van der Waals surface area (Å²) >= 11 is 6.14. The van der Waals surface area contributed by atoms with Gasteiger partial charge in [0.1, 0.15) is 0 Å². The van der Waals surface area contributed by atoms with E-state index < -0.39 is 0 Å². The summed E-state index contributed by atoms with van der Waals surface area (Å²) in [6.07, 6.45) is 0. The Balaban J connectivity index is 1.30. The van der Waals surface area contributed by atoms with Crippen LogP contribution in [0.15, 0.2) is 36.4 Å². The molecule has 0 aromatic heterocycles. The third kappa shape index (κ3) is 4.12. The van der Waals surface area contributed by atoms with Crippen LogP contribution in [0.1, 0.15) is 5.56 Å². The highest BCUT2D eigenvalue weighted by Crippen LogP contribution is 2.34. The molecule has 2 aliphatic rings. The number of carbonyl (C=O) groups excluding carboxylic acids is 1. The number of ether oxygens (including phenoxy) is 2. The van der Waals surface area contributed by atoms with Crippen LogP contribution in [0.3, 0.4) is 0 Å². The second kappa shape index (κ2) is 7.66. The fourth-order valence-corrected chi connectivity index (χ4v) is 3.74. The number of amides is 1. The Morgan fingerprint density at radius 2 is 1.93 bits per heavy atom. The van der Waals surface area contributed by atoms with Crippen LogP contribution in [-0.4, -0.2) is 45.4 Å². The first-order valence-electron chi connectivity index (χ1n) is 9.13. The van der Waals surface area contributed by atoms with Crippen LogP contribution in [0.25, 0.3) is 0 Å². The fraction of sp³-hybridized carbons (Fsp3) is 0.350. The molecule has 2 aromatic rings. The Kier molecular flexibility index (Phi) is 5.09. The van der Waals surface area contributed by atoms with Gasteiger partial charge in [0.2, 0.25) is 6.79 Å². The molecule has 1 fully saturated rings. The van der Waals surface area contributed by atoms with Crippen LogP contribution >= 0.6 is 11.6 Å². The van der Waals surface area contributed by atoms with Crippen molar-refractivity contribution in [2.75, 3.05) is 49.7 Å². The predicted octanol–water partition coefficient (Wildman–Crippen LogP) is 1.72. The first-order valence-corrected chi connectivity index (χ1v) is 9.50. The van der Waals surface area contributed by atoms with Gasteiger partial charge < -0.3 is 24.6 Å². The molecule has 2 aromatic carbocycles. The maximum absolute atomic E-state index is 12.4. The lowest BCUT2D eigenvalue weighted by atomic mass is 10.1. The van der Waals surface area contributed by atoms with Gasteiger partial charge >= 0.3 is 0 Å². The molecule has 0 atom stereocenters. The monoisotopic (exact) mass is 388 g/mol. The summed E-state index contributed by atoms with van der Waals surface area (Å²) in [4.78, 5) is 16.0. The highest BCUT2D eigenvalue weighted by molar-refractivity contribution is 6.30. The molecule has 2 aliphatic heterocycles. The van der Waals surface area contributed by atoms with Gasteiger partial charge in [-0.1, -0.05) is 17.7 Å². The van der Waals surface area contributed by atoms with E-state index in [2.05, 4.69) is 23.2 Å². The van der Waals surface area contributed by atoms with Gasteiger partial charge in [0.05, 0.1) is 26.2 Å².